The second-order valence-electron chi connectivity index (χ2n) is 7.19. The standard InChI is InChI=1S/C18H30N4O5/c1-25-12-18(24)20-10-17-16(23)3-2-14(26-17)8-13-9-15(27-21-13)11-22-6-4-19-5-7-22/h9,14,16-17,19,23H,2-8,10-12H2,1H3,(H,20,24)/t14-,16-,17+/m0/s1. The number of methoxy groups -OCH3 is 1. The van der Waals surface area contributed by atoms with Gasteiger partial charge in [-0.2, -0.15) is 0 Å². The van der Waals surface area contributed by atoms with Crippen LogP contribution in [0, 0.1) is 0 Å². The third kappa shape index (κ3) is 6.25. The van der Waals surface area contributed by atoms with Gasteiger partial charge in [-0.05, 0) is 12.8 Å². The van der Waals surface area contributed by atoms with Gasteiger partial charge in [-0.25, -0.2) is 0 Å². The van der Waals surface area contributed by atoms with Crippen LogP contribution in [0.4, 0.5) is 0 Å². The minimum atomic E-state index is -0.579. The summed E-state index contributed by atoms with van der Waals surface area (Å²) < 4.78 is 16.2. The van der Waals surface area contributed by atoms with Crippen LogP contribution < -0.4 is 10.6 Å². The normalized spacial score (nSPS) is 26.8. The van der Waals surface area contributed by atoms with Crippen LogP contribution in [0.25, 0.3) is 0 Å². The van der Waals surface area contributed by atoms with Crippen molar-refractivity contribution in [3.05, 3.63) is 17.5 Å². The average molecular weight is 382 g/mol. The molecule has 1 aromatic rings. The van der Waals surface area contributed by atoms with Crippen molar-refractivity contribution >= 4 is 5.91 Å². The van der Waals surface area contributed by atoms with Gasteiger partial charge in [0.25, 0.3) is 0 Å². The molecule has 0 bridgehead atoms. The summed E-state index contributed by atoms with van der Waals surface area (Å²) in [5.74, 6) is 0.649. The van der Waals surface area contributed by atoms with E-state index in [1.54, 1.807) is 0 Å². The van der Waals surface area contributed by atoms with E-state index in [0.717, 1.165) is 50.6 Å². The number of hydrogen-bond acceptors (Lipinski definition) is 8. The number of ether oxygens (including phenoxy) is 2. The molecule has 1 amide bonds. The van der Waals surface area contributed by atoms with E-state index in [2.05, 4.69) is 20.7 Å². The summed E-state index contributed by atoms with van der Waals surface area (Å²) >= 11 is 0. The molecule has 2 aliphatic rings. The van der Waals surface area contributed by atoms with E-state index in [4.69, 9.17) is 14.0 Å². The predicted molar refractivity (Wildman–Crippen MR) is 97.1 cm³/mol. The van der Waals surface area contributed by atoms with Gasteiger partial charge in [0.2, 0.25) is 5.91 Å². The van der Waals surface area contributed by atoms with Crippen LogP contribution in [0.2, 0.25) is 0 Å². The Bertz CT molecular complexity index is 590. The van der Waals surface area contributed by atoms with Crippen LogP contribution >= 0.6 is 0 Å². The van der Waals surface area contributed by atoms with Crippen molar-refractivity contribution in [2.24, 2.45) is 0 Å². The number of aliphatic hydroxyl groups excluding tert-OH is 1. The number of nitrogens with zero attached hydrogens (tertiary/aromatic N) is 2. The summed E-state index contributed by atoms with van der Waals surface area (Å²) in [4.78, 5) is 13.9. The summed E-state index contributed by atoms with van der Waals surface area (Å²) in [6, 6.07) is 1.99. The minimum absolute atomic E-state index is 0.00103. The molecule has 27 heavy (non-hydrogen) atoms. The van der Waals surface area contributed by atoms with Gasteiger partial charge in [0.05, 0.1) is 24.4 Å². The lowest BCUT2D eigenvalue weighted by molar-refractivity contribution is -0.131. The van der Waals surface area contributed by atoms with Crippen molar-refractivity contribution in [2.45, 2.75) is 44.1 Å². The largest absolute Gasteiger partial charge is 0.390 e. The zero-order valence-corrected chi connectivity index (χ0v) is 15.9. The summed E-state index contributed by atoms with van der Waals surface area (Å²) in [5.41, 5.74) is 0.865. The molecular weight excluding hydrogens is 352 g/mol. The zero-order valence-electron chi connectivity index (χ0n) is 15.9. The fourth-order valence-corrected chi connectivity index (χ4v) is 3.53. The fourth-order valence-electron chi connectivity index (χ4n) is 3.53. The van der Waals surface area contributed by atoms with Gasteiger partial charge in [-0.15, -0.1) is 0 Å². The Hall–Kier alpha value is -1.52. The summed E-state index contributed by atoms with van der Waals surface area (Å²) in [6.07, 6.45) is 0.988. The van der Waals surface area contributed by atoms with E-state index in [1.807, 2.05) is 6.07 Å². The Morgan fingerprint density at radius 1 is 1.44 bits per heavy atom. The van der Waals surface area contributed by atoms with Gasteiger partial charge in [-0.1, -0.05) is 5.16 Å². The van der Waals surface area contributed by atoms with E-state index in [1.165, 1.54) is 7.11 Å². The highest BCUT2D eigenvalue weighted by Gasteiger charge is 2.30. The zero-order chi connectivity index (χ0) is 19.1. The second-order valence-corrected chi connectivity index (χ2v) is 7.19. The Kier molecular flexibility index (Phi) is 7.59. The van der Waals surface area contributed by atoms with Gasteiger partial charge >= 0.3 is 0 Å². The van der Waals surface area contributed by atoms with Gasteiger partial charge in [0.1, 0.15) is 12.7 Å². The molecule has 1 aromatic heterocycles. The number of carbonyl (C=O) groups excluding carboxylic acids is 1. The molecule has 152 valence electrons. The first kappa shape index (κ1) is 20.2. The average Bonchev–Trinajstić information content (AvgIpc) is 3.10. The smallest absolute Gasteiger partial charge is 0.246 e. The third-order valence-electron chi connectivity index (χ3n) is 4.99. The first-order valence-corrected chi connectivity index (χ1v) is 9.60. The number of rotatable bonds is 8. The number of aromatic nitrogens is 1. The molecule has 2 fully saturated rings. The van der Waals surface area contributed by atoms with E-state index in [-0.39, 0.29) is 25.2 Å². The Balaban J connectivity index is 1.46. The van der Waals surface area contributed by atoms with Gasteiger partial charge in [0, 0.05) is 52.3 Å². The molecule has 0 saturated carbocycles. The molecule has 2 saturated heterocycles. The lowest BCUT2D eigenvalue weighted by atomic mass is 9.98. The fraction of sp³-hybridized carbons (Fsp3) is 0.778. The SMILES string of the molecule is COCC(=O)NC[C@H]1O[C@H](Cc2cc(CN3CCNCC3)on2)CC[C@@H]1O. The summed E-state index contributed by atoms with van der Waals surface area (Å²) in [7, 11) is 1.47. The molecule has 0 radical (unpaired) electrons. The Morgan fingerprint density at radius 2 is 2.26 bits per heavy atom. The van der Waals surface area contributed by atoms with Crippen molar-refractivity contribution in [1.29, 1.82) is 0 Å². The van der Waals surface area contributed by atoms with E-state index in [9.17, 15) is 9.90 Å². The molecule has 0 aromatic carbocycles. The molecule has 3 rings (SSSR count). The lowest BCUT2D eigenvalue weighted by Gasteiger charge is -2.33. The maximum Gasteiger partial charge on any atom is 0.246 e. The third-order valence-corrected chi connectivity index (χ3v) is 4.99. The number of amides is 1. The van der Waals surface area contributed by atoms with Crippen molar-refractivity contribution in [1.82, 2.24) is 20.7 Å². The van der Waals surface area contributed by atoms with Crippen molar-refractivity contribution in [3.8, 4) is 0 Å². The van der Waals surface area contributed by atoms with Gasteiger partial charge in [-0.3, -0.25) is 9.69 Å². The number of hydrogen-bond donors (Lipinski definition) is 3. The maximum absolute atomic E-state index is 11.5. The van der Waals surface area contributed by atoms with Crippen molar-refractivity contribution < 1.29 is 23.9 Å². The predicted octanol–water partition coefficient (Wildman–Crippen LogP) is -0.707. The van der Waals surface area contributed by atoms with E-state index < -0.39 is 12.2 Å². The molecule has 2 aliphatic heterocycles. The topological polar surface area (TPSA) is 109 Å². The van der Waals surface area contributed by atoms with E-state index in [0.29, 0.717) is 12.8 Å². The van der Waals surface area contributed by atoms with Gasteiger partial charge < -0.3 is 29.7 Å². The van der Waals surface area contributed by atoms with Crippen molar-refractivity contribution in [2.75, 3.05) is 46.4 Å². The second kappa shape index (κ2) is 10.1. The van der Waals surface area contributed by atoms with Crippen LogP contribution in [-0.2, 0) is 27.2 Å². The lowest BCUT2D eigenvalue weighted by Crippen LogP contribution is -2.47. The minimum Gasteiger partial charge on any atom is -0.390 e. The van der Waals surface area contributed by atoms with Crippen LogP contribution in [0.3, 0.4) is 0 Å². The number of carbonyl (C=O) groups is 1. The summed E-state index contributed by atoms with van der Waals surface area (Å²) in [6.45, 7) is 5.07. The quantitative estimate of drug-likeness (QED) is 0.541. The number of aliphatic hydroxyl groups is 1. The molecule has 3 N–H and O–H groups in total. The van der Waals surface area contributed by atoms with Crippen LogP contribution in [0.5, 0.6) is 0 Å². The highest BCUT2D eigenvalue weighted by Crippen LogP contribution is 2.22. The maximum atomic E-state index is 11.5. The van der Waals surface area contributed by atoms with E-state index >= 15 is 0 Å². The molecule has 0 aliphatic carbocycles. The molecule has 0 unspecified atom stereocenters. The molecule has 3 heterocycles. The molecule has 9 nitrogen and oxygen atoms in total. The molecule has 3 atom stereocenters. The monoisotopic (exact) mass is 382 g/mol. The molecule has 0 spiro atoms. The highest BCUT2D eigenvalue weighted by molar-refractivity contribution is 5.77. The highest BCUT2D eigenvalue weighted by atomic mass is 16.5. The van der Waals surface area contributed by atoms with Crippen LogP contribution in [0.1, 0.15) is 24.3 Å². The van der Waals surface area contributed by atoms with Crippen molar-refractivity contribution in [3.63, 3.8) is 0 Å². The van der Waals surface area contributed by atoms with Crippen LogP contribution in [0.15, 0.2) is 10.6 Å². The Labute approximate surface area is 159 Å². The Morgan fingerprint density at radius 3 is 3.04 bits per heavy atom. The molecule has 9 heteroatoms. The van der Waals surface area contributed by atoms with Gasteiger partial charge in [0.15, 0.2) is 5.76 Å². The van der Waals surface area contributed by atoms with Crippen LogP contribution in [-0.4, -0.2) is 85.8 Å². The molecular formula is C18H30N4O5. The number of nitrogens with one attached hydrogen (secondary N) is 2. The number of piperazine rings is 1. The first-order valence-electron chi connectivity index (χ1n) is 9.60. The summed E-state index contributed by atoms with van der Waals surface area (Å²) in [5, 5.41) is 20.4. The first-order chi connectivity index (χ1) is 13.1.